The maximum Gasteiger partial charge on any atom is 0.182 e. The van der Waals surface area contributed by atoms with Gasteiger partial charge in [0, 0.05) is 44.1 Å². The second-order valence-corrected chi connectivity index (χ2v) is 15.4. The number of alkyl halides is 2. The van der Waals surface area contributed by atoms with Crippen LogP contribution in [-0.2, 0) is 42.5 Å². The summed E-state index contributed by atoms with van der Waals surface area (Å²) in [5.74, 6) is 1.26. The fourth-order valence-corrected chi connectivity index (χ4v) is 7.06. The Balaban J connectivity index is 0.00000230. The maximum atomic E-state index is 6.21. The van der Waals surface area contributed by atoms with E-state index in [4.69, 9.17) is 19.5 Å². The molecule has 4 nitrogen and oxygen atoms in total. The van der Waals surface area contributed by atoms with Crippen LogP contribution in [-0.4, -0.2) is 32.0 Å². The molecule has 0 spiro atoms. The first-order valence-electron chi connectivity index (χ1n) is 14.6. The van der Waals surface area contributed by atoms with Crippen LogP contribution in [0.2, 0.25) is 0 Å². The molecule has 0 N–H and O–H groups in total. The van der Waals surface area contributed by atoms with Crippen molar-refractivity contribution in [3.63, 3.8) is 0 Å². The molecule has 0 saturated carbocycles. The predicted octanol–water partition coefficient (Wildman–Crippen LogP) is 9.65. The van der Waals surface area contributed by atoms with E-state index in [-0.39, 0.29) is 42.1 Å². The van der Waals surface area contributed by atoms with E-state index < -0.39 is 11.1 Å². The van der Waals surface area contributed by atoms with Crippen molar-refractivity contribution >= 4 is 49.2 Å². The van der Waals surface area contributed by atoms with Gasteiger partial charge in [-0.05, 0) is 84.8 Å². The third kappa shape index (κ3) is 7.78. The fraction of sp³-hybridized carbons (Fsp3) is 0.297. The van der Waals surface area contributed by atoms with Crippen molar-refractivity contribution < 1.29 is 42.5 Å². The molecule has 3 aliphatic rings. The Morgan fingerprint density at radius 2 is 1.24 bits per heavy atom. The molecule has 3 aromatic rings. The van der Waals surface area contributed by atoms with Crippen molar-refractivity contribution in [1.82, 2.24) is 0 Å². The summed E-state index contributed by atoms with van der Waals surface area (Å²) >= 11 is 7.86. The molecule has 0 fully saturated rings. The van der Waals surface area contributed by atoms with Crippen LogP contribution in [0, 0.1) is 34.0 Å². The van der Waals surface area contributed by atoms with Crippen LogP contribution in [0.25, 0.3) is 16.7 Å². The first kappa shape index (κ1) is 35.9. The summed E-state index contributed by atoms with van der Waals surface area (Å²) in [4.78, 5) is 10.2. The van der Waals surface area contributed by atoms with Gasteiger partial charge < -0.3 is 9.47 Å². The van der Waals surface area contributed by atoms with Crippen molar-refractivity contribution in [2.24, 2.45) is 9.98 Å². The summed E-state index contributed by atoms with van der Waals surface area (Å²) in [7, 11) is 0. The summed E-state index contributed by atoms with van der Waals surface area (Å²) in [5, 5.41) is 0. The first-order chi connectivity index (χ1) is 20.3. The summed E-state index contributed by atoms with van der Waals surface area (Å²) in [6.45, 7) is 16.4. The van der Waals surface area contributed by atoms with Crippen molar-refractivity contribution in [2.45, 2.75) is 68.2 Å². The second kappa shape index (κ2) is 13.6. The molecular formula is C37H36Br2N2Ni2O2-2. The summed E-state index contributed by atoms with van der Waals surface area (Å²) in [6, 6.07) is 23.6. The van der Waals surface area contributed by atoms with E-state index >= 15 is 0 Å². The van der Waals surface area contributed by atoms with Gasteiger partial charge in [0.15, 0.2) is 11.8 Å². The van der Waals surface area contributed by atoms with Crippen LogP contribution in [0.4, 0.5) is 0 Å². The normalized spacial score (nSPS) is 27.2. The van der Waals surface area contributed by atoms with E-state index in [9.17, 15) is 0 Å². The average molecular weight is 818 g/mol. The van der Waals surface area contributed by atoms with Gasteiger partial charge in [-0.15, -0.1) is 13.2 Å². The topological polar surface area (TPSA) is 43.2 Å². The number of hydrogen-bond acceptors (Lipinski definition) is 4. The quantitative estimate of drug-likeness (QED) is 0.141. The average Bonchev–Trinajstić information content (AvgIpc) is 3.52. The molecule has 45 heavy (non-hydrogen) atoms. The molecule has 0 saturated heterocycles. The van der Waals surface area contributed by atoms with Crippen molar-refractivity contribution in [3.05, 3.63) is 125 Å². The van der Waals surface area contributed by atoms with E-state index in [1.54, 1.807) is 0 Å². The molecule has 4 atom stereocenters. The monoisotopic (exact) mass is 814 g/mol. The predicted molar refractivity (Wildman–Crippen MR) is 185 cm³/mol. The minimum Gasteiger partial charge on any atom is -0.647 e. The van der Waals surface area contributed by atoms with Crippen LogP contribution in [0.1, 0.15) is 55.0 Å². The third-order valence-electron chi connectivity index (χ3n) is 8.07. The number of ether oxygens (including phenoxy) is 2. The second-order valence-electron chi connectivity index (χ2n) is 12.7. The van der Waals surface area contributed by atoms with Crippen LogP contribution >= 0.6 is 31.9 Å². The molecule has 0 bridgehead atoms. The van der Waals surface area contributed by atoms with Crippen molar-refractivity contribution in [2.75, 3.05) is 0 Å². The Labute approximate surface area is 304 Å². The Kier molecular flexibility index (Phi) is 10.9. The molecular weight excluding hydrogens is 782 g/mol. The van der Waals surface area contributed by atoms with Gasteiger partial charge in [0.05, 0.1) is 9.15 Å². The van der Waals surface area contributed by atoms with Crippen molar-refractivity contribution in [1.29, 1.82) is 0 Å². The van der Waals surface area contributed by atoms with E-state index in [2.05, 4.69) is 152 Å². The Bertz CT molecular complexity index is 1730. The van der Waals surface area contributed by atoms with Crippen LogP contribution < -0.4 is 0 Å². The Hall–Kier alpha value is -1.97. The van der Waals surface area contributed by atoms with Crippen molar-refractivity contribution in [3.8, 4) is 11.1 Å². The third-order valence-corrected chi connectivity index (χ3v) is 10.8. The maximum absolute atomic E-state index is 6.21. The number of hydrogen-bond donors (Lipinski definition) is 0. The molecule has 2 unspecified atom stereocenters. The zero-order chi connectivity index (χ0) is 30.6. The van der Waals surface area contributed by atoms with E-state index in [0.29, 0.717) is 18.2 Å². The molecule has 6 rings (SSSR count). The number of rotatable bonds is 6. The molecule has 0 amide bonds. The SMILES string of the molecule is Cc1cccc(C2=CC(C)(Br)C(Br)C(C3=N[C@](C)(C[C@]4(C)[CH-]OC(c5cc(C)cc(-c6cccc(C)c6)c5)=N4)[CH-]O3)=C2)c1.[Ni].[Ni]. The largest absolute Gasteiger partial charge is 0.647 e. The van der Waals surface area contributed by atoms with Crippen LogP contribution in [0.15, 0.2) is 94.4 Å². The zero-order valence-corrected chi connectivity index (χ0v) is 31.2. The number of benzene rings is 3. The minimum atomic E-state index is -0.580. The van der Waals surface area contributed by atoms with Crippen LogP contribution in [0.5, 0.6) is 0 Å². The molecule has 3 aromatic carbocycles. The summed E-state index contributed by atoms with van der Waals surface area (Å²) in [5.41, 5.74) is 9.09. The molecule has 1 aliphatic carbocycles. The summed E-state index contributed by atoms with van der Waals surface area (Å²) in [6.07, 6.45) is 5.04. The van der Waals surface area contributed by atoms with E-state index in [1.807, 2.05) is 13.2 Å². The van der Waals surface area contributed by atoms with Gasteiger partial charge in [-0.1, -0.05) is 124 Å². The zero-order valence-electron chi connectivity index (χ0n) is 26.0. The van der Waals surface area contributed by atoms with Gasteiger partial charge >= 0.3 is 0 Å². The number of allylic oxidation sites excluding steroid dienone is 3. The standard InChI is InChI=1S/C37H36Br2N2O2.2Ni/c1-23-9-7-11-26(13-23)28-15-25(3)16-29(17-28)33-40-35(4,21-42-33)20-36(5)22-43-34(41-36)31-18-30(19-37(6,39)32(31)38)27-12-8-10-24(2)14-27;;/h7-19,21-22,32H,20H2,1-6H3;;/q-2;;/t32?,35-,36-,37?;;/m1../s1. The number of halogens is 2. The van der Waals surface area contributed by atoms with Gasteiger partial charge in [0.25, 0.3) is 0 Å². The van der Waals surface area contributed by atoms with Gasteiger partial charge in [-0.2, -0.15) is 0 Å². The molecule has 2 heterocycles. The van der Waals surface area contributed by atoms with Gasteiger partial charge in [-0.3, -0.25) is 9.98 Å². The number of aliphatic imine (C=N–C) groups is 2. The van der Waals surface area contributed by atoms with Gasteiger partial charge in [-0.25, -0.2) is 0 Å². The smallest absolute Gasteiger partial charge is 0.182 e. The molecule has 2 aliphatic heterocycles. The molecule has 8 heteroatoms. The summed E-state index contributed by atoms with van der Waals surface area (Å²) < 4.78 is 12.0. The van der Waals surface area contributed by atoms with Crippen LogP contribution in [0.3, 0.4) is 0 Å². The number of aryl methyl sites for hydroxylation is 3. The molecule has 0 radical (unpaired) electrons. The molecule has 0 aromatic heterocycles. The molecule has 242 valence electrons. The van der Waals surface area contributed by atoms with Gasteiger partial charge in [0.2, 0.25) is 0 Å². The Morgan fingerprint density at radius 3 is 1.89 bits per heavy atom. The fourth-order valence-electron chi connectivity index (χ4n) is 6.11. The van der Waals surface area contributed by atoms with E-state index in [1.165, 1.54) is 22.3 Å². The number of nitrogens with zero attached hydrogens (tertiary/aromatic N) is 2. The van der Waals surface area contributed by atoms with Gasteiger partial charge in [0.1, 0.15) is 0 Å². The minimum absolute atomic E-state index is 0. The first-order valence-corrected chi connectivity index (χ1v) is 16.3. The van der Waals surface area contributed by atoms with E-state index in [0.717, 1.165) is 27.8 Å². The Morgan fingerprint density at radius 1 is 0.711 bits per heavy atom.